The van der Waals surface area contributed by atoms with Crippen LogP contribution in [0.25, 0.3) is 25.1 Å². The molecule has 0 aliphatic carbocycles. The van der Waals surface area contributed by atoms with Gasteiger partial charge in [-0.1, -0.05) is 42.5 Å². The monoisotopic (exact) mass is 507 g/mol. The molecule has 4 aromatic carbocycles. The van der Waals surface area contributed by atoms with Crippen molar-refractivity contribution in [2.24, 2.45) is 0 Å². The minimum Gasteiger partial charge on any atom is -0.451 e. The molecule has 0 unspecified atom stereocenters. The summed E-state index contributed by atoms with van der Waals surface area (Å²) in [5.41, 5.74) is -0.118. The summed E-state index contributed by atoms with van der Waals surface area (Å²) in [4.78, 5) is 14.2. The molecule has 0 radical (unpaired) electrons. The number of esters is 1. The van der Waals surface area contributed by atoms with Gasteiger partial charge in [0.15, 0.2) is 14.3 Å². The van der Waals surface area contributed by atoms with Crippen LogP contribution in [-0.4, -0.2) is 12.3 Å². The van der Waals surface area contributed by atoms with E-state index >= 15 is 0 Å². The summed E-state index contributed by atoms with van der Waals surface area (Å²) in [6, 6.07) is 29.3. The van der Waals surface area contributed by atoms with Crippen LogP contribution in [0.3, 0.4) is 0 Å². The molecular weight excluding hydrogens is 485 g/mol. The summed E-state index contributed by atoms with van der Waals surface area (Å²) >= 11 is 0. The lowest BCUT2D eigenvalue weighted by molar-refractivity contribution is -0.274. The van der Waals surface area contributed by atoms with Gasteiger partial charge in [-0.15, -0.1) is 13.2 Å². The molecule has 36 heavy (non-hydrogen) atoms. The first-order valence-electron chi connectivity index (χ1n) is 11.2. The maximum atomic E-state index is 13.2. The predicted molar refractivity (Wildman–Crippen MR) is 137 cm³/mol. The largest absolute Gasteiger partial charge is 0.573 e. The number of carbonyl (C=O) groups is 1. The zero-order valence-electron chi connectivity index (χ0n) is 19.5. The Morgan fingerprint density at radius 1 is 0.750 bits per heavy atom. The fourth-order valence-electron chi connectivity index (χ4n) is 4.26. The zero-order valence-corrected chi connectivity index (χ0v) is 20.3. The van der Waals surface area contributed by atoms with E-state index in [9.17, 15) is 18.0 Å². The second-order valence-corrected chi connectivity index (χ2v) is 10.8. The summed E-state index contributed by atoms with van der Waals surface area (Å²) in [5.74, 6) is -0.846. The quantitative estimate of drug-likeness (QED) is 0.176. The van der Waals surface area contributed by atoms with E-state index in [1.54, 1.807) is 19.9 Å². The lowest BCUT2D eigenvalue weighted by Gasteiger charge is -2.26. The van der Waals surface area contributed by atoms with E-state index in [4.69, 9.17) is 4.74 Å². The molecule has 0 amide bonds. The first kappa shape index (κ1) is 23.9. The van der Waals surface area contributed by atoms with E-state index in [0.717, 1.165) is 4.90 Å². The third-order valence-electron chi connectivity index (χ3n) is 5.94. The Hall–Kier alpha value is -3.84. The molecule has 3 nitrogen and oxygen atoms in total. The van der Waals surface area contributed by atoms with Crippen molar-refractivity contribution < 1.29 is 27.4 Å². The van der Waals surface area contributed by atoms with Crippen LogP contribution >= 0.6 is 10.5 Å². The highest BCUT2D eigenvalue weighted by molar-refractivity contribution is 7.50. The van der Waals surface area contributed by atoms with E-state index in [2.05, 4.69) is 29.0 Å². The number of ether oxygens (including phenoxy) is 2. The average molecular weight is 508 g/mol. The molecule has 0 N–H and O–H groups in total. The van der Waals surface area contributed by atoms with Crippen molar-refractivity contribution in [2.45, 2.75) is 25.8 Å². The molecule has 5 aromatic rings. The summed E-state index contributed by atoms with van der Waals surface area (Å²) in [5, 5.41) is 2.40. The van der Waals surface area contributed by atoms with Gasteiger partial charge in [0.1, 0.15) is 11.4 Å². The van der Waals surface area contributed by atoms with Crippen molar-refractivity contribution in [1.82, 2.24) is 0 Å². The van der Waals surface area contributed by atoms with Crippen molar-refractivity contribution in [3.63, 3.8) is 0 Å². The lowest BCUT2D eigenvalue weighted by atomic mass is 9.98. The van der Waals surface area contributed by atoms with E-state index in [1.165, 1.54) is 44.4 Å². The molecule has 0 saturated carbocycles. The molecule has 0 fully saturated rings. The summed E-state index contributed by atoms with van der Waals surface area (Å²) in [6.45, 7) is 3.39. The Labute approximate surface area is 208 Å². The summed E-state index contributed by atoms with van der Waals surface area (Å²) in [6.07, 6.45) is -4.77. The average Bonchev–Trinajstić information content (AvgIpc) is 3.18. The van der Waals surface area contributed by atoms with Crippen LogP contribution in [0.2, 0.25) is 0 Å². The topological polar surface area (TPSA) is 35.5 Å². The first-order chi connectivity index (χ1) is 17.1. The Morgan fingerprint density at radius 2 is 1.33 bits per heavy atom. The molecule has 0 aliphatic rings. The standard InChI is InChI=1S/C29H22F3O3S/c1-28(2,20-14-16-21(17-15-20)34-29(30,31)32)35-27(33)19-8-7-9-22(18-19)36-25-12-5-3-10-23(25)24-11-4-6-13-26(24)36/h3-18H,1-2H3/q+1. The van der Waals surface area contributed by atoms with Gasteiger partial charge >= 0.3 is 12.3 Å². The minimum absolute atomic E-state index is 0.334. The van der Waals surface area contributed by atoms with Crippen LogP contribution in [0.4, 0.5) is 13.2 Å². The molecule has 0 saturated heterocycles. The third-order valence-corrected chi connectivity index (χ3v) is 8.26. The van der Waals surface area contributed by atoms with Gasteiger partial charge in [0.25, 0.3) is 0 Å². The molecule has 0 bridgehead atoms. The molecule has 7 heteroatoms. The van der Waals surface area contributed by atoms with Gasteiger partial charge < -0.3 is 9.47 Å². The Morgan fingerprint density at radius 3 is 1.92 bits per heavy atom. The van der Waals surface area contributed by atoms with Gasteiger partial charge in [-0.3, -0.25) is 0 Å². The molecular formula is C29H22F3O3S+. The van der Waals surface area contributed by atoms with Gasteiger partial charge in [-0.2, -0.15) is 0 Å². The maximum absolute atomic E-state index is 13.2. The highest BCUT2D eigenvalue weighted by atomic mass is 32.2. The fraction of sp³-hybridized carbons (Fsp3) is 0.138. The molecule has 5 rings (SSSR count). The summed E-state index contributed by atoms with van der Waals surface area (Å²) < 4.78 is 49.5. The van der Waals surface area contributed by atoms with Gasteiger partial charge in [0.05, 0.1) is 5.56 Å². The second kappa shape index (κ2) is 8.99. The van der Waals surface area contributed by atoms with Crippen LogP contribution in [0, 0.1) is 0 Å². The molecule has 1 heterocycles. The van der Waals surface area contributed by atoms with Crippen molar-refractivity contribution >= 4 is 36.6 Å². The fourth-order valence-corrected chi connectivity index (χ4v) is 6.69. The number of hydrogen-bond donors (Lipinski definition) is 0. The number of carbonyl (C=O) groups excluding carboxylic acids is 1. The molecule has 182 valence electrons. The summed E-state index contributed by atoms with van der Waals surface area (Å²) in [7, 11) is -0.351. The number of hydrogen-bond acceptors (Lipinski definition) is 3. The number of alkyl halides is 3. The van der Waals surface area contributed by atoms with Crippen LogP contribution in [0.15, 0.2) is 97.1 Å². The highest BCUT2D eigenvalue weighted by Gasteiger charge is 2.32. The van der Waals surface area contributed by atoms with Crippen LogP contribution in [-0.2, 0) is 10.3 Å². The van der Waals surface area contributed by atoms with Gasteiger partial charge in [-0.25, -0.2) is 4.79 Å². The van der Waals surface area contributed by atoms with Gasteiger partial charge in [0.2, 0.25) is 0 Å². The van der Waals surface area contributed by atoms with E-state index < -0.39 is 17.9 Å². The number of halogens is 3. The lowest BCUT2D eigenvalue weighted by Crippen LogP contribution is -2.25. The molecule has 1 aromatic heterocycles. The number of benzene rings is 4. The van der Waals surface area contributed by atoms with Crippen molar-refractivity contribution in [1.29, 1.82) is 0 Å². The van der Waals surface area contributed by atoms with E-state index in [-0.39, 0.29) is 16.2 Å². The van der Waals surface area contributed by atoms with Gasteiger partial charge in [0, 0.05) is 27.3 Å². The predicted octanol–water partition coefficient (Wildman–Crippen LogP) is 8.72. The maximum Gasteiger partial charge on any atom is 0.573 e. The Kier molecular flexibility index (Phi) is 5.96. The van der Waals surface area contributed by atoms with Crippen LogP contribution < -0.4 is 4.74 Å². The van der Waals surface area contributed by atoms with Crippen LogP contribution in [0.5, 0.6) is 5.75 Å². The van der Waals surface area contributed by atoms with Crippen LogP contribution in [0.1, 0.15) is 29.8 Å². The van der Waals surface area contributed by atoms with E-state index in [0.29, 0.717) is 11.1 Å². The molecule has 0 spiro atoms. The SMILES string of the molecule is CC(C)(OC(=O)c1cccc(-[s+]2c3ccccc3c3ccccc32)c1)c1ccc(OC(F)(F)F)cc1. The normalized spacial score (nSPS) is 12.1. The second-order valence-electron chi connectivity index (χ2n) is 8.80. The van der Waals surface area contributed by atoms with Crippen molar-refractivity contribution in [3.8, 4) is 10.6 Å². The van der Waals surface area contributed by atoms with Crippen molar-refractivity contribution in [2.75, 3.05) is 0 Å². The highest BCUT2D eigenvalue weighted by Crippen LogP contribution is 2.48. The minimum atomic E-state index is -4.77. The Bertz CT molecular complexity index is 1510. The Balaban J connectivity index is 1.44. The van der Waals surface area contributed by atoms with Gasteiger partial charge in [-0.05, 0) is 67.9 Å². The number of fused-ring (bicyclic) bond motifs is 3. The van der Waals surface area contributed by atoms with Crippen molar-refractivity contribution in [3.05, 3.63) is 108 Å². The number of thiophene rings is 1. The zero-order chi connectivity index (χ0) is 25.5. The third kappa shape index (κ3) is 4.66. The molecule has 0 atom stereocenters. The number of rotatable bonds is 5. The molecule has 0 aliphatic heterocycles. The van der Waals surface area contributed by atoms with E-state index in [1.807, 2.05) is 42.5 Å². The smallest absolute Gasteiger partial charge is 0.451 e. The first-order valence-corrected chi connectivity index (χ1v) is 12.5.